The van der Waals surface area contributed by atoms with Gasteiger partial charge in [-0.1, -0.05) is 0 Å². The van der Waals surface area contributed by atoms with Gasteiger partial charge < -0.3 is 23.8 Å². The molecule has 0 radical (unpaired) electrons. The van der Waals surface area contributed by atoms with Crippen LogP contribution in [0.2, 0.25) is 0 Å². The number of halogens is 2. The summed E-state index contributed by atoms with van der Waals surface area (Å²) in [6, 6.07) is 7.22. The quantitative estimate of drug-likeness (QED) is 0.410. The summed E-state index contributed by atoms with van der Waals surface area (Å²) >= 11 is 1.21. The van der Waals surface area contributed by atoms with Crippen LogP contribution in [0.15, 0.2) is 35.7 Å². The molecule has 1 unspecified atom stereocenters. The zero-order valence-corrected chi connectivity index (χ0v) is 21.9. The maximum Gasteiger partial charge on any atom is 0.273 e. The number of carbonyl (C=O) groups is 1. The average molecular weight is 534 g/mol. The summed E-state index contributed by atoms with van der Waals surface area (Å²) in [4.78, 5) is 21.8. The van der Waals surface area contributed by atoms with Crippen LogP contribution in [0.4, 0.5) is 8.78 Å². The van der Waals surface area contributed by atoms with E-state index < -0.39 is 11.6 Å². The molecule has 2 aromatic carbocycles. The van der Waals surface area contributed by atoms with Gasteiger partial charge in [-0.15, -0.1) is 11.3 Å². The first-order valence-corrected chi connectivity index (χ1v) is 12.5. The smallest absolute Gasteiger partial charge is 0.273 e. The third-order valence-corrected chi connectivity index (χ3v) is 7.10. The summed E-state index contributed by atoms with van der Waals surface area (Å²) in [6.07, 6.45) is 0. The SMILES string of the molecule is COCC1CN(Cc2cc(OC)c(OC)c(OC)c2)CCN1C(=O)c1csc(-c2ccc(F)c(F)c2)n1. The molecule has 1 fully saturated rings. The first-order chi connectivity index (χ1) is 17.9. The number of amides is 1. The highest BCUT2D eigenvalue weighted by atomic mass is 32.1. The van der Waals surface area contributed by atoms with Crippen LogP contribution >= 0.6 is 11.3 Å². The fraction of sp³-hybridized carbons (Fsp3) is 0.385. The molecule has 0 spiro atoms. The van der Waals surface area contributed by atoms with Crippen LogP contribution in [-0.2, 0) is 11.3 Å². The van der Waals surface area contributed by atoms with Gasteiger partial charge in [-0.05, 0) is 35.9 Å². The third kappa shape index (κ3) is 5.84. The van der Waals surface area contributed by atoms with Crippen molar-refractivity contribution >= 4 is 17.2 Å². The maximum absolute atomic E-state index is 13.7. The van der Waals surface area contributed by atoms with E-state index in [0.717, 1.165) is 17.7 Å². The van der Waals surface area contributed by atoms with Gasteiger partial charge in [-0.3, -0.25) is 9.69 Å². The predicted molar refractivity (Wildman–Crippen MR) is 136 cm³/mol. The Balaban J connectivity index is 1.48. The number of carbonyl (C=O) groups excluding carboxylic acids is 1. The van der Waals surface area contributed by atoms with Gasteiger partial charge in [-0.2, -0.15) is 0 Å². The van der Waals surface area contributed by atoms with Crippen molar-refractivity contribution in [3.63, 3.8) is 0 Å². The molecule has 1 amide bonds. The van der Waals surface area contributed by atoms with Crippen molar-refractivity contribution in [3.05, 3.63) is 58.6 Å². The second kappa shape index (κ2) is 11.8. The largest absolute Gasteiger partial charge is 0.493 e. The summed E-state index contributed by atoms with van der Waals surface area (Å²) in [5.41, 5.74) is 1.68. The zero-order valence-electron chi connectivity index (χ0n) is 21.1. The Morgan fingerprint density at radius 1 is 1.03 bits per heavy atom. The lowest BCUT2D eigenvalue weighted by atomic mass is 10.1. The Morgan fingerprint density at radius 3 is 2.38 bits per heavy atom. The number of rotatable bonds is 9. The molecule has 2 heterocycles. The summed E-state index contributed by atoms with van der Waals surface area (Å²) in [6.45, 7) is 2.70. The van der Waals surface area contributed by atoms with Crippen molar-refractivity contribution in [1.82, 2.24) is 14.8 Å². The van der Waals surface area contributed by atoms with E-state index in [9.17, 15) is 13.6 Å². The van der Waals surface area contributed by atoms with Crippen molar-refractivity contribution in [2.75, 3.05) is 54.7 Å². The van der Waals surface area contributed by atoms with Gasteiger partial charge >= 0.3 is 0 Å². The molecule has 198 valence electrons. The van der Waals surface area contributed by atoms with E-state index in [1.807, 2.05) is 12.1 Å². The molecule has 8 nitrogen and oxygen atoms in total. The number of ether oxygens (including phenoxy) is 4. The number of piperazine rings is 1. The van der Waals surface area contributed by atoms with Crippen LogP contribution < -0.4 is 14.2 Å². The molecule has 4 rings (SSSR count). The van der Waals surface area contributed by atoms with Crippen LogP contribution in [0.5, 0.6) is 17.2 Å². The standard InChI is InChI=1S/C26H29F2N3O5S/c1-33-14-18-13-30(12-16-9-22(34-2)24(36-4)23(10-16)35-3)7-8-31(18)26(32)21-15-37-25(29-21)17-5-6-19(27)20(28)11-17/h5-6,9-11,15,18H,7-8,12-14H2,1-4H3. The minimum Gasteiger partial charge on any atom is -0.493 e. The van der Waals surface area contributed by atoms with Crippen LogP contribution in [0.25, 0.3) is 10.6 Å². The predicted octanol–water partition coefficient (Wildman–Crippen LogP) is 4.09. The van der Waals surface area contributed by atoms with E-state index in [4.69, 9.17) is 18.9 Å². The number of nitrogens with zero attached hydrogens (tertiary/aromatic N) is 3. The molecule has 1 saturated heterocycles. The van der Waals surface area contributed by atoms with Crippen LogP contribution in [0.3, 0.4) is 0 Å². The van der Waals surface area contributed by atoms with Crippen LogP contribution in [0, 0.1) is 11.6 Å². The van der Waals surface area contributed by atoms with Crippen molar-refractivity contribution in [2.45, 2.75) is 12.6 Å². The van der Waals surface area contributed by atoms with Gasteiger partial charge in [0.15, 0.2) is 23.1 Å². The minimum atomic E-state index is -0.955. The highest BCUT2D eigenvalue weighted by Gasteiger charge is 2.32. The van der Waals surface area contributed by atoms with Gasteiger partial charge in [0, 0.05) is 44.2 Å². The Morgan fingerprint density at radius 2 is 1.76 bits per heavy atom. The molecule has 1 aromatic heterocycles. The lowest BCUT2D eigenvalue weighted by molar-refractivity contribution is 0.0194. The normalized spacial score (nSPS) is 16.1. The number of benzene rings is 2. The van der Waals surface area contributed by atoms with Gasteiger partial charge in [0.2, 0.25) is 5.75 Å². The van der Waals surface area contributed by atoms with Crippen LogP contribution in [0.1, 0.15) is 16.1 Å². The molecule has 37 heavy (non-hydrogen) atoms. The summed E-state index contributed by atoms with van der Waals surface area (Å²) in [5, 5.41) is 2.09. The summed E-state index contributed by atoms with van der Waals surface area (Å²) in [7, 11) is 6.33. The molecule has 0 bridgehead atoms. The maximum atomic E-state index is 13.7. The molecule has 3 aromatic rings. The molecule has 11 heteroatoms. The fourth-order valence-corrected chi connectivity index (χ4v) is 5.22. The van der Waals surface area contributed by atoms with Crippen molar-refractivity contribution in [3.8, 4) is 27.8 Å². The second-order valence-electron chi connectivity index (χ2n) is 8.54. The van der Waals surface area contributed by atoms with Gasteiger partial charge in [-0.25, -0.2) is 13.8 Å². The zero-order chi connectivity index (χ0) is 26.5. The highest BCUT2D eigenvalue weighted by molar-refractivity contribution is 7.13. The Kier molecular flexibility index (Phi) is 8.57. The first-order valence-electron chi connectivity index (χ1n) is 11.6. The van der Waals surface area contributed by atoms with Gasteiger partial charge in [0.1, 0.15) is 10.7 Å². The second-order valence-corrected chi connectivity index (χ2v) is 9.40. The Hall–Kier alpha value is -3.28. The number of hydrogen-bond acceptors (Lipinski definition) is 8. The summed E-state index contributed by atoms with van der Waals surface area (Å²) < 4.78 is 48.7. The fourth-order valence-electron chi connectivity index (χ4n) is 4.43. The molecular weight excluding hydrogens is 504 g/mol. The molecular formula is C26H29F2N3O5S. The van der Waals surface area contributed by atoms with E-state index >= 15 is 0 Å². The number of thiazole rings is 1. The van der Waals surface area contributed by atoms with E-state index in [0.29, 0.717) is 60.6 Å². The molecule has 0 N–H and O–H groups in total. The average Bonchev–Trinajstić information content (AvgIpc) is 3.40. The number of aromatic nitrogens is 1. The molecule has 1 atom stereocenters. The van der Waals surface area contributed by atoms with Crippen molar-refractivity contribution < 1.29 is 32.5 Å². The lowest BCUT2D eigenvalue weighted by Crippen LogP contribution is -2.56. The Bertz CT molecular complexity index is 1230. The molecule has 1 aliphatic rings. The topological polar surface area (TPSA) is 73.4 Å². The highest BCUT2D eigenvalue weighted by Crippen LogP contribution is 2.38. The van der Waals surface area contributed by atoms with E-state index in [-0.39, 0.29) is 17.6 Å². The van der Waals surface area contributed by atoms with Crippen molar-refractivity contribution in [1.29, 1.82) is 0 Å². The first kappa shape index (κ1) is 26.8. The van der Waals surface area contributed by atoms with Gasteiger partial charge in [0.25, 0.3) is 5.91 Å². The molecule has 1 aliphatic heterocycles. The van der Waals surface area contributed by atoms with E-state index in [1.54, 1.807) is 38.7 Å². The Labute approximate surface area is 218 Å². The molecule has 0 aliphatic carbocycles. The van der Waals surface area contributed by atoms with Crippen molar-refractivity contribution in [2.24, 2.45) is 0 Å². The third-order valence-electron chi connectivity index (χ3n) is 6.21. The lowest BCUT2D eigenvalue weighted by Gasteiger charge is -2.41. The van der Waals surface area contributed by atoms with E-state index in [2.05, 4.69) is 9.88 Å². The van der Waals surface area contributed by atoms with Crippen LogP contribution in [-0.4, -0.2) is 81.4 Å². The monoisotopic (exact) mass is 533 g/mol. The summed E-state index contributed by atoms with van der Waals surface area (Å²) in [5.74, 6) is -0.404. The number of methoxy groups -OCH3 is 4. The molecule has 0 saturated carbocycles. The number of hydrogen-bond donors (Lipinski definition) is 0. The van der Waals surface area contributed by atoms with Gasteiger partial charge in [0.05, 0.1) is 34.0 Å². The van der Waals surface area contributed by atoms with E-state index in [1.165, 1.54) is 17.4 Å². The minimum absolute atomic E-state index is 0.193.